The van der Waals surface area contributed by atoms with Gasteiger partial charge in [-0.3, -0.25) is 14.4 Å². The molecule has 172 valence electrons. The number of nitrogens with one attached hydrogen (secondary N) is 3. The third kappa shape index (κ3) is 6.42. The van der Waals surface area contributed by atoms with Crippen LogP contribution < -0.4 is 25.7 Å². The molecule has 0 aliphatic heterocycles. The van der Waals surface area contributed by atoms with Crippen molar-refractivity contribution >= 4 is 17.5 Å². The Hall–Kier alpha value is -4.14. The summed E-state index contributed by atoms with van der Waals surface area (Å²) in [5, 5.41) is 5.32. The third-order valence-electron chi connectivity index (χ3n) is 4.50. The molecule has 9 heteroatoms. The zero-order valence-corrected chi connectivity index (χ0v) is 18.7. The number of aromatic amines is 1. The van der Waals surface area contributed by atoms with Gasteiger partial charge in [0.15, 0.2) is 11.5 Å². The SMILES string of the molecule is CCOc1ccc(C(=O)NCC(=O)Nc2cccc(-c3nc(C)cc(=O)[nH]3)c2)cc1OCC. The molecule has 0 bridgehead atoms. The van der Waals surface area contributed by atoms with Crippen LogP contribution in [-0.2, 0) is 4.79 Å². The quantitative estimate of drug-likeness (QED) is 0.461. The number of nitrogens with zero attached hydrogens (tertiary/aromatic N) is 1. The van der Waals surface area contributed by atoms with Gasteiger partial charge < -0.3 is 25.1 Å². The maximum Gasteiger partial charge on any atom is 0.251 e. The summed E-state index contributed by atoms with van der Waals surface area (Å²) in [4.78, 5) is 43.6. The summed E-state index contributed by atoms with van der Waals surface area (Å²) in [5.41, 5.74) is 1.85. The molecule has 1 heterocycles. The highest BCUT2D eigenvalue weighted by atomic mass is 16.5. The molecule has 3 aromatic rings. The van der Waals surface area contributed by atoms with E-state index in [1.54, 1.807) is 49.4 Å². The highest BCUT2D eigenvalue weighted by molar-refractivity contribution is 5.99. The number of anilines is 1. The van der Waals surface area contributed by atoms with Gasteiger partial charge in [0.1, 0.15) is 5.82 Å². The van der Waals surface area contributed by atoms with E-state index in [4.69, 9.17) is 9.47 Å². The fourth-order valence-corrected chi connectivity index (χ4v) is 3.12. The van der Waals surface area contributed by atoms with Gasteiger partial charge in [-0.25, -0.2) is 4.98 Å². The minimum atomic E-state index is -0.413. The smallest absolute Gasteiger partial charge is 0.251 e. The Labute approximate surface area is 191 Å². The molecule has 0 unspecified atom stereocenters. The van der Waals surface area contributed by atoms with Gasteiger partial charge in [0, 0.05) is 28.6 Å². The first-order chi connectivity index (χ1) is 15.9. The lowest BCUT2D eigenvalue weighted by atomic mass is 10.1. The van der Waals surface area contributed by atoms with E-state index in [1.165, 1.54) is 6.07 Å². The molecular weight excluding hydrogens is 424 g/mol. The summed E-state index contributed by atoms with van der Waals surface area (Å²) in [6, 6.07) is 13.2. The topological polar surface area (TPSA) is 122 Å². The maximum atomic E-state index is 12.5. The molecule has 3 N–H and O–H groups in total. The van der Waals surface area contributed by atoms with Gasteiger partial charge in [0.25, 0.3) is 11.5 Å². The lowest BCUT2D eigenvalue weighted by Gasteiger charge is -2.12. The number of rotatable bonds is 9. The van der Waals surface area contributed by atoms with Gasteiger partial charge in [0.05, 0.1) is 19.8 Å². The van der Waals surface area contributed by atoms with Crippen LogP contribution in [0.2, 0.25) is 0 Å². The van der Waals surface area contributed by atoms with Crippen LogP contribution in [0.15, 0.2) is 53.3 Å². The van der Waals surface area contributed by atoms with Gasteiger partial charge in [0.2, 0.25) is 5.91 Å². The van der Waals surface area contributed by atoms with Crippen LogP contribution in [0.1, 0.15) is 29.9 Å². The lowest BCUT2D eigenvalue weighted by Crippen LogP contribution is -2.32. The molecule has 2 amide bonds. The van der Waals surface area contributed by atoms with E-state index in [2.05, 4.69) is 20.6 Å². The van der Waals surface area contributed by atoms with Crippen molar-refractivity contribution in [1.82, 2.24) is 15.3 Å². The summed E-state index contributed by atoms with van der Waals surface area (Å²) in [7, 11) is 0. The lowest BCUT2D eigenvalue weighted by molar-refractivity contribution is -0.115. The second kappa shape index (κ2) is 10.9. The average molecular weight is 450 g/mol. The van der Waals surface area contributed by atoms with Crippen molar-refractivity contribution in [2.75, 3.05) is 25.1 Å². The van der Waals surface area contributed by atoms with E-state index in [9.17, 15) is 14.4 Å². The molecule has 0 fully saturated rings. The van der Waals surface area contributed by atoms with Crippen molar-refractivity contribution in [3.05, 3.63) is 70.1 Å². The average Bonchev–Trinajstić information content (AvgIpc) is 2.78. The Bertz CT molecular complexity index is 1210. The van der Waals surface area contributed by atoms with Gasteiger partial charge in [-0.2, -0.15) is 0 Å². The number of hydrogen-bond acceptors (Lipinski definition) is 6. The van der Waals surface area contributed by atoms with Crippen LogP contribution in [0.3, 0.4) is 0 Å². The fourth-order valence-electron chi connectivity index (χ4n) is 3.12. The van der Waals surface area contributed by atoms with Crippen molar-refractivity contribution in [2.24, 2.45) is 0 Å². The molecule has 1 aromatic heterocycles. The number of H-pyrrole nitrogens is 1. The zero-order valence-electron chi connectivity index (χ0n) is 18.7. The predicted molar refractivity (Wildman–Crippen MR) is 125 cm³/mol. The molecule has 0 saturated heterocycles. The molecule has 2 aromatic carbocycles. The second-order valence-corrected chi connectivity index (χ2v) is 7.07. The highest BCUT2D eigenvalue weighted by Gasteiger charge is 2.13. The first kappa shape index (κ1) is 23.5. The monoisotopic (exact) mass is 450 g/mol. The number of aryl methyl sites for hydroxylation is 1. The van der Waals surface area contributed by atoms with E-state index in [1.807, 2.05) is 13.8 Å². The molecule has 0 aliphatic carbocycles. The fraction of sp³-hybridized carbons (Fsp3) is 0.250. The summed E-state index contributed by atoms with van der Waals surface area (Å²) in [6.45, 7) is 6.12. The van der Waals surface area contributed by atoms with Crippen LogP contribution in [0.4, 0.5) is 5.69 Å². The number of carbonyl (C=O) groups excluding carboxylic acids is 2. The van der Waals surface area contributed by atoms with Crippen LogP contribution >= 0.6 is 0 Å². The van der Waals surface area contributed by atoms with E-state index in [0.717, 1.165) is 0 Å². The zero-order chi connectivity index (χ0) is 23.8. The Balaban J connectivity index is 1.63. The normalized spacial score (nSPS) is 10.4. The standard InChI is InChI=1S/C24H26N4O5/c1-4-32-19-10-9-17(13-20(19)33-5-2)24(31)25-14-22(30)27-18-8-6-7-16(12-18)23-26-15(3)11-21(29)28-23/h6-13H,4-5,14H2,1-3H3,(H,25,31)(H,27,30)(H,26,28,29). The number of carbonyl (C=O) groups is 2. The first-order valence-electron chi connectivity index (χ1n) is 10.6. The van der Waals surface area contributed by atoms with E-state index in [-0.39, 0.29) is 12.1 Å². The summed E-state index contributed by atoms with van der Waals surface area (Å²) in [6.07, 6.45) is 0. The number of hydrogen-bond donors (Lipinski definition) is 3. The minimum absolute atomic E-state index is 0.222. The van der Waals surface area contributed by atoms with Crippen molar-refractivity contribution in [1.29, 1.82) is 0 Å². The Kier molecular flexibility index (Phi) is 7.80. The summed E-state index contributed by atoms with van der Waals surface area (Å²) in [5.74, 6) is 0.616. The van der Waals surface area contributed by atoms with Crippen LogP contribution in [0.25, 0.3) is 11.4 Å². The van der Waals surface area contributed by atoms with Crippen molar-refractivity contribution in [3.63, 3.8) is 0 Å². The van der Waals surface area contributed by atoms with Gasteiger partial charge >= 0.3 is 0 Å². The minimum Gasteiger partial charge on any atom is -0.490 e. The number of ether oxygens (including phenoxy) is 2. The molecule has 0 spiro atoms. The van der Waals surface area contributed by atoms with Crippen molar-refractivity contribution in [2.45, 2.75) is 20.8 Å². The van der Waals surface area contributed by atoms with Crippen LogP contribution in [-0.4, -0.2) is 41.5 Å². The molecule has 0 saturated carbocycles. The van der Waals surface area contributed by atoms with E-state index < -0.39 is 11.8 Å². The Morgan fingerprint density at radius 2 is 1.76 bits per heavy atom. The number of amides is 2. The molecule has 3 rings (SSSR count). The maximum absolute atomic E-state index is 12.5. The molecular formula is C24H26N4O5. The molecule has 0 aliphatic rings. The third-order valence-corrected chi connectivity index (χ3v) is 4.50. The first-order valence-corrected chi connectivity index (χ1v) is 10.6. The van der Waals surface area contributed by atoms with Gasteiger partial charge in [-0.1, -0.05) is 12.1 Å². The van der Waals surface area contributed by atoms with Crippen LogP contribution in [0, 0.1) is 6.92 Å². The summed E-state index contributed by atoms with van der Waals surface area (Å²) < 4.78 is 11.0. The second-order valence-electron chi connectivity index (χ2n) is 7.07. The number of benzene rings is 2. The van der Waals surface area contributed by atoms with E-state index >= 15 is 0 Å². The highest BCUT2D eigenvalue weighted by Crippen LogP contribution is 2.28. The number of aromatic nitrogens is 2. The van der Waals surface area contributed by atoms with Gasteiger partial charge in [-0.05, 0) is 51.1 Å². The van der Waals surface area contributed by atoms with Crippen molar-refractivity contribution < 1.29 is 19.1 Å². The molecule has 0 atom stereocenters. The van der Waals surface area contributed by atoms with E-state index in [0.29, 0.717) is 53.0 Å². The van der Waals surface area contributed by atoms with Crippen molar-refractivity contribution in [3.8, 4) is 22.9 Å². The molecule has 33 heavy (non-hydrogen) atoms. The Morgan fingerprint density at radius 3 is 2.48 bits per heavy atom. The molecule has 9 nitrogen and oxygen atoms in total. The molecule has 0 radical (unpaired) electrons. The summed E-state index contributed by atoms with van der Waals surface area (Å²) >= 11 is 0. The largest absolute Gasteiger partial charge is 0.490 e. The van der Waals surface area contributed by atoms with Gasteiger partial charge in [-0.15, -0.1) is 0 Å². The predicted octanol–water partition coefficient (Wildman–Crippen LogP) is 2.91. The Morgan fingerprint density at radius 1 is 1.00 bits per heavy atom. The van der Waals surface area contributed by atoms with Crippen LogP contribution in [0.5, 0.6) is 11.5 Å².